The molecule has 1 aliphatic rings. The number of likely N-dealkylation sites (tertiary alicyclic amines) is 1. The van der Waals surface area contributed by atoms with Crippen LogP contribution in [-0.2, 0) is 11.0 Å². The number of piperidine rings is 1. The summed E-state index contributed by atoms with van der Waals surface area (Å²) in [4.78, 5) is 27.3. The second-order valence-corrected chi connectivity index (χ2v) is 7.99. The Labute approximate surface area is 167 Å². The molecule has 2 unspecified atom stereocenters. The molecule has 2 aromatic rings. The predicted octanol–water partition coefficient (Wildman–Crippen LogP) is 4.20. The number of ketones is 1. The molecule has 0 N–H and O–H groups in total. The maximum absolute atomic E-state index is 13.0. The van der Waals surface area contributed by atoms with Gasteiger partial charge in [0.15, 0.2) is 0 Å². The highest BCUT2D eigenvalue weighted by atomic mass is 19.4. The van der Waals surface area contributed by atoms with Gasteiger partial charge in [0, 0.05) is 13.1 Å². The summed E-state index contributed by atoms with van der Waals surface area (Å²) in [5.74, 6) is -0.631. The van der Waals surface area contributed by atoms with Gasteiger partial charge in [0.1, 0.15) is 0 Å². The van der Waals surface area contributed by atoms with Crippen molar-refractivity contribution in [3.05, 3.63) is 46.8 Å². The van der Waals surface area contributed by atoms with Crippen LogP contribution < -0.4 is 0 Å². The first-order valence-electron chi connectivity index (χ1n) is 9.56. The van der Waals surface area contributed by atoms with Gasteiger partial charge in [0.2, 0.25) is 0 Å². The molecule has 1 aromatic heterocycles. The number of benzene rings is 1. The third-order valence-corrected chi connectivity index (χ3v) is 5.29. The summed E-state index contributed by atoms with van der Waals surface area (Å²) in [6.45, 7) is 8.30. The van der Waals surface area contributed by atoms with Gasteiger partial charge < -0.3 is 4.90 Å². The van der Waals surface area contributed by atoms with Gasteiger partial charge in [-0.25, -0.2) is 4.68 Å². The molecule has 2 heterocycles. The molecular weight excluding hydrogens is 383 g/mol. The fourth-order valence-electron chi connectivity index (χ4n) is 4.12. The Kier molecular flexibility index (Phi) is 5.56. The highest BCUT2D eigenvalue weighted by molar-refractivity contribution is 6.43. The van der Waals surface area contributed by atoms with Gasteiger partial charge in [-0.3, -0.25) is 9.59 Å². The van der Waals surface area contributed by atoms with E-state index in [1.165, 1.54) is 16.8 Å². The third kappa shape index (κ3) is 4.21. The molecule has 1 fully saturated rings. The molecule has 0 aliphatic carbocycles. The number of halogens is 3. The molecule has 1 aromatic carbocycles. The molecule has 8 heteroatoms. The number of hydrogen-bond donors (Lipinski definition) is 0. The van der Waals surface area contributed by atoms with Crippen molar-refractivity contribution in [2.24, 2.45) is 11.8 Å². The Morgan fingerprint density at radius 2 is 1.72 bits per heavy atom. The average molecular weight is 407 g/mol. The minimum Gasteiger partial charge on any atom is -0.335 e. The first kappa shape index (κ1) is 21.1. The topological polar surface area (TPSA) is 55.2 Å². The first-order valence-corrected chi connectivity index (χ1v) is 9.56. The van der Waals surface area contributed by atoms with Crippen LogP contribution in [0.5, 0.6) is 0 Å². The van der Waals surface area contributed by atoms with E-state index in [1.54, 1.807) is 18.7 Å². The molecule has 156 valence electrons. The minimum absolute atomic E-state index is 0.151. The molecule has 2 atom stereocenters. The highest BCUT2D eigenvalue weighted by Gasteiger charge is 2.33. The van der Waals surface area contributed by atoms with Crippen molar-refractivity contribution in [3.8, 4) is 5.69 Å². The van der Waals surface area contributed by atoms with E-state index in [0.717, 1.165) is 18.6 Å². The number of aryl methyl sites for hydroxylation is 1. The number of nitrogens with zero attached hydrogens (tertiary/aromatic N) is 3. The number of carbonyl (C=O) groups is 2. The van der Waals surface area contributed by atoms with E-state index >= 15 is 0 Å². The van der Waals surface area contributed by atoms with Crippen LogP contribution >= 0.6 is 0 Å². The van der Waals surface area contributed by atoms with Crippen LogP contribution in [0.4, 0.5) is 13.2 Å². The lowest BCUT2D eigenvalue weighted by Gasteiger charge is -2.34. The standard InChI is InChI=1S/C21H24F3N3O2/c1-12-8-13(2)11-26(10-12)20(29)19(28)18-14(3)25-27(15(18)4)17-7-5-6-16(9-17)21(22,23)24/h5-7,9,12-13H,8,10-11H2,1-4H3. The smallest absolute Gasteiger partial charge is 0.335 e. The summed E-state index contributed by atoms with van der Waals surface area (Å²) < 4.78 is 40.4. The number of alkyl halides is 3. The van der Waals surface area contributed by atoms with Gasteiger partial charge in [0.25, 0.3) is 11.7 Å². The second kappa shape index (κ2) is 7.65. The Hall–Kier alpha value is -2.64. The fraction of sp³-hybridized carbons (Fsp3) is 0.476. The minimum atomic E-state index is -4.48. The largest absolute Gasteiger partial charge is 0.416 e. The van der Waals surface area contributed by atoms with Crippen molar-refractivity contribution >= 4 is 11.7 Å². The monoisotopic (exact) mass is 407 g/mol. The molecule has 0 radical (unpaired) electrons. The van der Waals surface area contributed by atoms with Crippen molar-refractivity contribution in [1.29, 1.82) is 0 Å². The van der Waals surface area contributed by atoms with Crippen molar-refractivity contribution < 1.29 is 22.8 Å². The Balaban J connectivity index is 1.94. The van der Waals surface area contributed by atoms with E-state index < -0.39 is 23.4 Å². The molecule has 29 heavy (non-hydrogen) atoms. The summed E-state index contributed by atoms with van der Waals surface area (Å²) in [5.41, 5.74) is 0.197. The number of Topliss-reactive ketones (excluding diaryl/α,β-unsaturated/α-hetero) is 1. The van der Waals surface area contributed by atoms with E-state index in [2.05, 4.69) is 5.10 Å². The van der Waals surface area contributed by atoms with Crippen molar-refractivity contribution in [3.63, 3.8) is 0 Å². The van der Waals surface area contributed by atoms with Crippen LogP contribution in [0, 0.1) is 25.7 Å². The normalized spacial score (nSPS) is 20.0. The van der Waals surface area contributed by atoms with Crippen LogP contribution in [0.2, 0.25) is 0 Å². The number of aromatic nitrogens is 2. The highest BCUT2D eigenvalue weighted by Crippen LogP contribution is 2.31. The van der Waals surface area contributed by atoms with Gasteiger partial charge in [-0.1, -0.05) is 19.9 Å². The van der Waals surface area contributed by atoms with Crippen LogP contribution in [0.15, 0.2) is 24.3 Å². The molecule has 0 bridgehead atoms. The maximum atomic E-state index is 13.0. The van der Waals surface area contributed by atoms with Crippen LogP contribution in [-0.4, -0.2) is 39.5 Å². The number of hydrogen-bond acceptors (Lipinski definition) is 3. The Bertz CT molecular complexity index is 939. The molecule has 3 rings (SSSR count). The first-order chi connectivity index (χ1) is 13.5. The summed E-state index contributed by atoms with van der Waals surface area (Å²) in [6.07, 6.45) is -3.48. The van der Waals surface area contributed by atoms with Crippen LogP contribution in [0.25, 0.3) is 5.69 Å². The fourth-order valence-corrected chi connectivity index (χ4v) is 4.12. The third-order valence-electron chi connectivity index (χ3n) is 5.29. The Morgan fingerprint density at radius 3 is 2.31 bits per heavy atom. The Morgan fingerprint density at radius 1 is 1.10 bits per heavy atom. The number of rotatable bonds is 3. The lowest BCUT2D eigenvalue weighted by Crippen LogP contribution is -2.45. The van der Waals surface area contributed by atoms with Crippen molar-refractivity contribution in [2.75, 3.05) is 13.1 Å². The summed E-state index contributed by atoms with van der Waals surface area (Å²) in [6, 6.07) is 4.73. The zero-order valence-corrected chi connectivity index (χ0v) is 16.9. The van der Waals surface area contributed by atoms with E-state index in [1.807, 2.05) is 13.8 Å². The average Bonchev–Trinajstić information content (AvgIpc) is 2.93. The summed E-state index contributed by atoms with van der Waals surface area (Å²) in [5, 5.41) is 4.24. The zero-order chi connectivity index (χ0) is 21.5. The lowest BCUT2D eigenvalue weighted by molar-refractivity contribution is -0.137. The molecule has 1 aliphatic heterocycles. The molecule has 5 nitrogen and oxygen atoms in total. The van der Waals surface area contributed by atoms with Gasteiger partial charge >= 0.3 is 6.18 Å². The lowest BCUT2D eigenvalue weighted by atomic mass is 9.91. The molecule has 0 saturated carbocycles. The van der Waals surface area contributed by atoms with E-state index in [9.17, 15) is 22.8 Å². The number of carbonyl (C=O) groups excluding carboxylic acids is 2. The molecule has 1 amide bonds. The van der Waals surface area contributed by atoms with Crippen LogP contribution in [0.1, 0.15) is 47.6 Å². The van der Waals surface area contributed by atoms with E-state index in [0.29, 0.717) is 36.3 Å². The van der Waals surface area contributed by atoms with Crippen molar-refractivity contribution in [1.82, 2.24) is 14.7 Å². The second-order valence-electron chi connectivity index (χ2n) is 7.99. The van der Waals surface area contributed by atoms with Gasteiger partial charge in [0.05, 0.1) is 28.2 Å². The quantitative estimate of drug-likeness (QED) is 0.566. The molecule has 0 spiro atoms. The van der Waals surface area contributed by atoms with Crippen LogP contribution in [0.3, 0.4) is 0 Å². The van der Waals surface area contributed by atoms with Crippen molar-refractivity contribution in [2.45, 2.75) is 40.3 Å². The SMILES string of the molecule is Cc1nn(-c2cccc(C(F)(F)F)c2)c(C)c1C(=O)C(=O)N1CC(C)CC(C)C1. The molecule has 1 saturated heterocycles. The number of amides is 1. The van der Waals surface area contributed by atoms with E-state index in [4.69, 9.17) is 0 Å². The summed E-state index contributed by atoms with van der Waals surface area (Å²) >= 11 is 0. The van der Waals surface area contributed by atoms with E-state index in [-0.39, 0.29) is 11.3 Å². The zero-order valence-electron chi connectivity index (χ0n) is 16.9. The van der Waals surface area contributed by atoms with Gasteiger partial charge in [-0.2, -0.15) is 18.3 Å². The predicted molar refractivity (Wildman–Crippen MR) is 102 cm³/mol. The molecular formula is C21H24F3N3O2. The van der Waals surface area contributed by atoms with Gasteiger partial charge in [-0.05, 0) is 50.3 Å². The maximum Gasteiger partial charge on any atom is 0.416 e. The summed E-state index contributed by atoms with van der Waals surface area (Å²) in [7, 11) is 0. The van der Waals surface area contributed by atoms with Gasteiger partial charge in [-0.15, -0.1) is 0 Å².